The van der Waals surface area contributed by atoms with Gasteiger partial charge in [0, 0.05) is 60.0 Å². The highest BCUT2D eigenvalue weighted by molar-refractivity contribution is 6.63. The number of aldehydes is 1. The van der Waals surface area contributed by atoms with Crippen LogP contribution in [-0.2, 0) is 34.0 Å². The van der Waals surface area contributed by atoms with Crippen molar-refractivity contribution in [3.05, 3.63) is 64.5 Å². The molecule has 2 aliphatic heterocycles. The maximum Gasteiger partial charge on any atom is 0.281 e. The highest BCUT2D eigenvalue weighted by Gasteiger charge is 2.64. The van der Waals surface area contributed by atoms with Gasteiger partial charge in [-0.15, -0.1) is 0 Å². The fourth-order valence-electron chi connectivity index (χ4n) is 5.46. The van der Waals surface area contributed by atoms with Crippen LogP contribution in [-0.4, -0.2) is 154 Å². The van der Waals surface area contributed by atoms with E-state index >= 15 is 4.39 Å². The van der Waals surface area contributed by atoms with Crippen molar-refractivity contribution >= 4 is 94.4 Å². The second-order valence-electron chi connectivity index (χ2n) is 11.8. The number of nitrogens with zero attached hydrogens (tertiary/aromatic N) is 2. The lowest BCUT2D eigenvalue weighted by atomic mass is 9.23. The number of carbonyl (C=O) groups is 3. The molecule has 4 rings (SSSR count). The van der Waals surface area contributed by atoms with E-state index in [-0.39, 0.29) is 47.3 Å². The number of hydrogen-bond donors (Lipinski definition) is 6. The average Bonchev–Trinajstić information content (AvgIpc) is 3.34. The van der Waals surface area contributed by atoms with Gasteiger partial charge < -0.3 is 45.5 Å². The van der Waals surface area contributed by atoms with Crippen molar-refractivity contribution in [3.8, 4) is 0 Å². The minimum Gasteiger partial charge on any atom is -0.381 e. The van der Waals surface area contributed by atoms with E-state index in [4.69, 9.17) is 70.6 Å². The van der Waals surface area contributed by atoms with Crippen LogP contribution in [0.1, 0.15) is 27.0 Å². The van der Waals surface area contributed by atoms with Gasteiger partial charge in [0.15, 0.2) is 13.5 Å². The van der Waals surface area contributed by atoms with Crippen LogP contribution in [0.15, 0.2) is 36.4 Å². The summed E-state index contributed by atoms with van der Waals surface area (Å²) in [7, 11) is 54.2. The third-order valence-corrected chi connectivity index (χ3v) is 8.67. The Morgan fingerprint density at radius 3 is 2.19 bits per heavy atom. The zero-order valence-corrected chi connectivity index (χ0v) is 25.6. The second kappa shape index (κ2) is 12.2. The Morgan fingerprint density at radius 2 is 1.60 bits per heavy atom. The van der Waals surface area contributed by atoms with E-state index in [1.165, 1.54) is 37.4 Å². The van der Waals surface area contributed by atoms with Gasteiger partial charge in [-0.05, 0) is 12.1 Å². The Labute approximate surface area is 288 Å². The smallest absolute Gasteiger partial charge is 0.281 e. The van der Waals surface area contributed by atoms with E-state index in [2.05, 4.69) is 15.4 Å². The fraction of sp³-hybridized carbons (Fsp3) is 0.423. The van der Waals surface area contributed by atoms with E-state index in [1.54, 1.807) is 6.07 Å². The number of nitrogens with one attached hydrogen (secondary N) is 2. The summed E-state index contributed by atoms with van der Waals surface area (Å²) < 4.78 is 20.3. The van der Waals surface area contributed by atoms with Gasteiger partial charge in [0.05, 0.1) is 52.5 Å². The van der Waals surface area contributed by atoms with Gasteiger partial charge in [-0.25, -0.2) is 4.39 Å². The normalized spacial score (nSPS) is 25.1. The van der Waals surface area contributed by atoms with Crippen molar-refractivity contribution in [2.24, 2.45) is 0 Å². The summed E-state index contributed by atoms with van der Waals surface area (Å²) in [4.78, 5) is 39.5. The molecule has 2 aromatic rings. The van der Waals surface area contributed by atoms with Gasteiger partial charge in [-0.3, -0.25) is 14.5 Å². The number of amides is 2. The lowest BCUT2D eigenvalue weighted by Crippen LogP contribution is -2.84. The number of anilines is 1. The summed E-state index contributed by atoms with van der Waals surface area (Å²) in [6, 6.07) is 8.44. The lowest BCUT2D eigenvalue weighted by molar-refractivity contribution is -0.475. The maximum absolute atomic E-state index is 15.9. The van der Waals surface area contributed by atoms with Crippen molar-refractivity contribution in [1.82, 2.24) is 15.1 Å². The Balaban J connectivity index is 1.65. The Hall–Kier alpha value is -2.88. The summed E-state index contributed by atoms with van der Waals surface area (Å²) in [6.07, 6.45) is -0.00473. The third-order valence-electron chi connectivity index (χ3n) is 8.67. The molecule has 0 spiro atoms. The van der Waals surface area contributed by atoms with Crippen LogP contribution in [0.5, 0.6) is 0 Å². The summed E-state index contributed by atoms with van der Waals surface area (Å²) in [5.41, 5.74) is -8.84. The molecule has 1 saturated heterocycles. The first-order valence-electron chi connectivity index (χ1n) is 14.0. The first kappa shape index (κ1) is 37.9. The van der Waals surface area contributed by atoms with Crippen molar-refractivity contribution in [3.63, 3.8) is 0 Å². The molecular formula is C26H22B9FN4O8. The molecule has 22 heteroatoms. The van der Waals surface area contributed by atoms with Crippen LogP contribution < -0.4 is 10.6 Å². The van der Waals surface area contributed by atoms with Gasteiger partial charge in [0.1, 0.15) is 33.4 Å². The molecule has 2 heterocycles. The predicted octanol–water partition coefficient (Wildman–Crippen LogP) is -4.80. The minimum absolute atomic E-state index is 0.00473. The molecule has 2 aromatic carbocycles. The molecule has 228 valence electrons. The summed E-state index contributed by atoms with van der Waals surface area (Å²) in [6.45, 7) is -1.47. The average molecular weight is 635 g/mol. The van der Waals surface area contributed by atoms with Crippen LogP contribution in [0.4, 0.5) is 10.1 Å². The molecule has 12 nitrogen and oxygen atoms in total. The molecule has 2 aliphatic rings. The van der Waals surface area contributed by atoms with E-state index in [0.29, 0.717) is 4.90 Å². The largest absolute Gasteiger partial charge is 0.381 e. The lowest BCUT2D eigenvalue weighted by Gasteiger charge is -2.63. The topological polar surface area (TPSA) is 172 Å². The van der Waals surface area contributed by atoms with Gasteiger partial charge >= 0.3 is 0 Å². The van der Waals surface area contributed by atoms with E-state index < -0.39 is 62.7 Å². The van der Waals surface area contributed by atoms with Crippen LogP contribution in [0.25, 0.3) is 0 Å². The first-order chi connectivity index (χ1) is 21.9. The Bertz CT molecular complexity index is 1620. The van der Waals surface area contributed by atoms with Crippen LogP contribution in [0, 0.1) is 5.82 Å². The number of morpholine rings is 1. The van der Waals surface area contributed by atoms with E-state index in [9.17, 15) is 34.8 Å². The number of hydrogen-bond acceptors (Lipinski definition) is 10. The maximum atomic E-state index is 15.9. The van der Waals surface area contributed by atoms with Gasteiger partial charge in [-0.1, -0.05) is 34.7 Å². The Kier molecular flexibility index (Phi) is 9.62. The highest BCUT2D eigenvalue weighted by Crippen LogP contribution is 2.52. The molecule has 0 aliphatic carbocycles. The molecule has 2 amide bonds. The number of fused-ring (bicyclic) bond motifs is 1. The van der Waals surface area contributed by atoms with Crippen molar-refractivity contribution in [2.75, 3.05) is 12.4 Å². The van der Waals surface area contributed by atoms with E-state index in [0.717, 1.165) is 4.90 Å². The molecule has 18 radical (unpaired) electrons. The van der Waals surface area contributed by atoms with Gasteiger partial charge in [0.25, 0.3) is 11.9 Å². The fourth-order valence-corrected chi connectivity index (χ4v) is 5.46. The minimum atomic E-state index is -3.58. The van der Waals surface area contributed by atoms with Crippen LogP contribution in [0.2, 0.25) is 10.4 Å². The molecule has 48 heavy (non-hydrogen) atoms. The molecule has 6 N–H and O–H groups in total. The number of ether oxygens (including phenoxy) is 1. The molecule has 0 aromatic heterocycles. The summed E-state index contributed by atoms with van der Waals surface area (Å²) in [5.74, 6) is -6.39. The number of likely N-dealkylation sites (N-methyl/N-ethyl adjacent to an activating group) is 1. The van der Waals surface area contributed by atoms with Crippen LogP contribution >= 0.6 is 0 Å². The molecular weight excluding hydrogens is 613 g/mol. The number of rotatable bonds is 10. The van der Waals surface area contributed by atoms with Crippen molar-refractivity contribution in [2.45, 2.75) is 58.1 Å². The zero-order chi connectivity index (χ0) is 36.5. The number of benzene rings is 2. The number of aliphatic hydroxyl groups is 4. The second-order valence-corrected chi connectivity index (χ2v) is 11.8. The number of halogens is 1. The summed E-state index contributed by atoms with van der Waals surface area (Å²) in [5, 5.41) is 38.4. The Morgan fingerprint density at radius 1 is 1.02 bits per heavy atom. The van der Waals surface area contributed by atoms with Gasteiger partial charge in [-0.2, -0.15) is 0 Å². The zero-order valence-electron chi connectivity index (χ0n) is 25.6. The van der Waals surface area contributed by atoms with Crippen molar-refractivity contribution < 1.29 is 43.9 Å². The van der Waals surface area contributed by atoms with Crippen LogP contribution in [0.3, 0.4) is 0 Å². The number of carbonyl (C=O) groups excluding carboxylic acids is 3. The van der Waals surface area contributed by atoms with Gasteiger partial charge in [0.2, 0.25) is 5.91 Å². The molecule has 0 saturated carbocycles. The first-order valence-corrected chi connectivity index (χ1v) is 14.0. The standard InChI is InChI=1S/C26H22B9FN4O8/c1-37-19(43)21(29,22(30,31)20(27,28)11-41)39-10-15-14(18(39)42)6-3-7-16(15)38-8-12-4-2-5-13(17(12)36)9-40-23(32,33)26(46,47)48-25(35,45)24(40,34)44/h2-7,11,38,44-47H,8-10H2,1H3,(H,37,43). The highest BCUT2D eigenvalue weighted by atomic mass is 19.1. The quantitative estimate of drug-likeness (QED) is 0.0847. The summed E-state index contributed by atoms with van der Waals surface area (Å²) >= 11 is 0. The molecule has 1 fully saturated rings. The van der Waals surface area contributed by atoms with Crippen molar-refractivity contribution in [1.29, 1.82) is 0 Å². The molecule has 3 atom stereocenters. The molecule has 0 bridgehead atoms. The van der Waals surface area contributed by atoms with E-state index in [1.807, 2.05) is 0 Å². The SMILES string of the molecule is [B]C([B])(C=O)C([B])([B])C([B])(C(=O)NC)N1Cc2c(NCc3cccc(CN4C([B])([B])C(O)(O)OC([B])(O)C4([B])O)c3F)cccc2C1=O. The molecule has 3 unspecified atom stereocenters. The predicted molar refractivity (Wildman–Crippen MR) is 177 cm³/mol. The monoisotopic (exact) mass is 636 g/mol. The third kappa shape index (κ3) is 5.58.